The molecular weight excluding hydrogens is 504 g/mol. The number of aromatic nitrogens is 3. The molecule has 36 heavy (non-hydrogen) atoms. The van der Waals surface area contributed by atoms with Gasteiger partial charge in [-0.1, -0.05) is 25.1 Å². The first-order valence-electron chi connectivity index (χ1n) is 11.5. The van der Waals surface area contributed by atoms with E-state index in [-0.39, 0.29) is 34.6 Å². The van der Waals surface area contributed by atoms with Gasteiger partial charge < -0.3 is 4.74 Å². The Hall–Kier alpha value is -2.84. The lowest BCUT2D eigenvalue weighted by molar-refractivity contribution is -0.388. The molecule has 1 fully saturated rings. The van der Waals surface area contributed by atoms with Crippen molar-refractivity contribution >= 4 is 27.5 Å². The predicted molar refractivity (Wildman–Crippen MR) is 135 cm³/mol. The molecule has 11 nitrogen and oxygen atoms in total. The van der Waals surface area contributed by atoms with Gasteiger partial charge in [-0.15, -0.1) is 10.2 Å². The fourth-order valence-electron chi connectivity index (χ4n) is 4.08. The monoisotopic (exact) mass is 532 g/mol. The van der Waals surface area contributed by atoms with Crippen molar-refractivity contribution in [1.82, 2.24) is 24.0 Å². The molecule has 13 heteroatoms. The van der Waals surface area contributed by atoms with Crippen molar-refractivity contribution in [3.63, 3.8) is 0 Å². The van der Waals surface area contributed by atoms with E-state index in [0.29, 0.717) is 24.2 Å². The zero-order valence-corrected chi connectivity index (χ0v) is 21.9. The van der Waals surface area contributed by atoms with E-state index in [2.05, 4.69) is 17.1 Å². The van der Waals surface area contributed by atoms with Crippen molar-refractivity contribution in [1.29, 1.82) is 0 Å². The molecule has 4 rings (SSSR count). The Labute approximate surface area is 214 Å². The molecule has 0 bridgehead atoms. The van der Waals surface area contributed by atoms with Crippen LogP contribution in [-0.2, 0) is 14.8 Å². The first-order chi connectivity index (χ1) is 17.2. The zero-order valence-electron chi connectivity index (χ0n) is 20.3. The number of sulfonamides is 1. The number of hydrogen-bond acceptors (Lipinski definition) is 9. The van der Waals surface area contributed by atoms with Crippen LogP contribution in [0.2, 0.25) is 0 Å². The van der Waals surface area contributed by atoms with Crippen LogP contribution in [0.25, 0.3) is 5.69 Å². The molecule has 0 spiro atoms. The summed E-state index contributed by atoms with van der Waals surface area (Å²) < 4.78 is 34.5. The maximum atomic E-state index is 13.1. The standard InChI is InChI=1S/C23H28N6O5S2/c1-4-19(26(2)3)22-24-25-23(28(22)17-8-6-5-7-9-17)35-21-11-10-18(16-20(21)29(30)31)36(32,33)27-12-14-34-15-13-27/h5-11,16,19H,4,12-15H2,1-3H3/t19-/m0/s1. The summed E-state index contributed by atoms with van der Waals surface area (Å²) in [6, 6.07) is 13.5. The number of benzene rings is 2. The number of para-hydroxylation sites is 1. The molecule has 0 N–H and O–H groups in total. The molecule has 2 heterocycles. The molecular formula is C23H28N6O5S2. The largest absolute Gasteiger partial charge is 0.379 e. The molecule has 1 atom stereocenters. The molecule has 0 saturated carbocycles. The van der Waals surface area contributed by atoms with E-state index in [4.69, 9.17) is 4.74 Å². The van der Waals surface area contributed by atoms with Gasteiger partial charge in [0.1, 0.15) is 0 Å². The van der Waals surface area contributed by atoms with Gasteiger partial charge in [0.2, 0.25) is 15.2 Å². The van der Waals surface area contributed by atoms with Crippen LogP contribution in [0.5, 0.6) is 0 Å². The molecule has 1 aliphatic rings. The first-order valence-corrected chi connectivity index (χ1v) is 13.7. The zero-order chi connectivity index (χ0) is 25.9. The molecule has 1 aliphatic heterocycles. The SMILES string of the molecule is CC[C@@H](c1nnc(Sc2ccc(S(=O)(=O)N3CCOCC3)cc2[N+](=O)[O-])n1-c1ccccc1)N(C)C. The summed E-state index contributed by atoms with van der Waals surface area (Å²) in [4.78, 5) is 13.6. The van der Waals surface area contributed by atoms with Crippen molar-refractivity contribution in [3.8, 4) is 5.69 Å². The smallest absolute Gasteiger partial charge is 0.284 e. The lowest BCUT2D eigenvalue weighted by Crippen LogP contribution is -2.40. The van der Waals surface area contributed by atoms with E-state index in [9.17, 15) is 18.5 Å². The van der Waals surface area contributed by atoms with Crippen LogP contribution >= 0.6 is 11.8 Å². The number of nitrogens with zero attached hydrogens (tertiary/aromatic N) is 6. The van der Waals surface area contributed by atoms with Crippen molar-refractivity contribution in [2.24, 2.45) is 0 Å². The maximum absolute atomic E-state index is 13.1. The predicted octanol–water partition coefficient (Wildman–Crippen LogP) is 3.36. The summed E-state index contributed by atoms with van der Waals surface area (Å²) in [5.74, 6) is 0.713. The second kappa shape index (κ2) is 11.0. The highest BCUT2D eigenvalue weighted by Gasteiger charge is 2.30. The molecule has 192 valence electrons. The summed E-state index contributed by atoms with van der Waals surface area (Å²) in [6.07, 6.45) is 0.789. The van der Waals surface area contributed by atoms with Gasteiger partial charge in [-0.25, -0.2) is 8.42 Å². The normalized spacial score (nSPS) is 15.8. The van der Waals surface area contributed by atoms with Crippen LogP contribution in [0.4, 0.5) is 5.69 Å². The third-order valence-corrected chi connectivity index (χ3v) is 8.82. The summed E-state index contributed by atoms with van der Waals surface area (Å²) >= 11 is 1.08. The Morgan fingerprint density at radius 2 is 1.83 bits per heavy atom. The van der Waals surface area contributed by atoms with Gasteiger partial charge in [-0.05, 0) is 56.5 Å². The Morgan fingerprint density at radius 1 is 1.14 bits per heavy atom. The number of morpholine rings is 1. The highest BCUT2D eigenvalue weighted by atomic mass is 32.2. The molecule has 0 radical (unpaired) electrons. The minimum Gasteiger partial charge on any atom is -0.379 e. The van der Waals surface area contributed by atoms with Crippen LogP contribution in [0, 0.1) is 10.1 Å². The number of nitro groups is 1. The lowest BCUT2D eigenvalue weighted by Gasteiger charge is -2.26. The maximum Gasteiger partial charge on any atom is 0.284 e. The second-order valence-corrected chi connectivity index (χ2v) is 11.4. The third-order valence-electron chi connectivity index (χ3n) is 5.92. The first kappa shape index (κ1) is 26.2. The number of hydrogen-bond donors (Lipinski definition) is 0. The average molecular weight is 533 g/mol. The summed E-state index contributed by atoms with van der Waals surface area (Å²) in [7, 11) is 0.0456. The van der Waals surface area contributed by atoms with Crippen LogP contribution in [0.1, 0.15) is 25.2 Å². The van der Waals surface area contributed by atoms with E-state index in [1.54, 1.807) is 0 Å². The van der Waals surface area contributed by atoms with E-state index < -0.39 is 14.9 Å². The Bertz CT molecular complexity index is 1320. The van der Waals surface area contributed by atoms with Gasteiger partial charge in [-0.2, -0.15) is 4.31 Å². The van der Waals surface area contributed by atoms with Gasteiger partial charge in [0.15, 0.2) is 5.82 Å². The van der Waals surface area contributed by atoms with E-state index in [1.807, 2.05) is 53.9 Å². The number of nitro benzene ring substituents is 1. The highest BCUT2D eigenvalue weighted by Crippen LogP contribution is 2.38. The van der Waals surface area contributed by atoms with E-state index in [0.717, 1.165) is 29.9 Å². The topological polar surface area (TPSA) is 124 Å². The van der Waals surface area contributed by atoms with Crippen molar-refractivity contribution in [3.05, 3.63) is 64.5 Å². The average Bonchev–Trinajstić information content (AvgIpc) is 3.28. The Balaban J connectivity index is 1.76. The van der Waals surface area contributed by atoms with Gasteiger partial charge in [-0.3, -0.25) is 19.6 Å². The van der Waals surface area contributed by atoms with Crippen LogP contribution in [0.3, 0.4) is 0 Å². The number of ether oxygens (including phenoxy) is 1. The molecule has 0 aliphatic carbocycles. The fourth-order valence-corrected chi connectivity index (χ4v) is 6.45. The molecule has 0 amide bonds. The number of rotatable bonds is 9. The van der Waals surface area contributed by atoms with Crippen molar-refractivity contribution in [2.45, 2.75) is 34.3 Å². The minimum atomic E-state index is -3.88. The summed E-state index contributed by atoms with van der Waals surface area (Å²) in [6.45, 7) is 3.05. The van der Waals surface area contributed by atoms with Gasteiger partial charge >= 0.3 is 0 Å². The fraction of sp³-hybridized carbons (Fsp3) is 0.391. The second-order valence-electron chi connectivity index (χ2n) is 8.40. The van der Waals surface area contributed by atoms with Crippen molar-refractivity contribution in [2.75, 3.05) is 40.4 Å². The molecule has 1 aromatic heterocycles. The molecule has 1 saturated heterocycles. The van der Waals surface area contributed by atoms with E-state index in [1.165, 1.54) is 16.4 Å². The molecule has 2 aromatic carbocycles. The summed E-state index contributed by atoms with van der Waals surface area (Å²) in [5, 5.41) is 21.2. The van der Waals surface area contributed by atoms with Crippen LogP contribution in [0.15, 0.2) is 63.5 Å². The lowest BCUT2D eigenvalue weighted by atomic mass is 10.2. The summed E-state index contributed by atoms with van der Waals surface area (Å²) in [5.41, 5.74) is 0.521. The van der Waals surface area contributed by atoms with Crippen molar-refractivity contribution < 1.29 is 18.1 Å². The highest BCUT2D eigenvalue weighted by molar-refractivity contribution is 7.99. The van der Waals surface area contributed by atoms with Gasteiger partial charge in [0.25, 0.3) is 5.69 Å². The Morgan fingerprint density at radius 3 is 2.44 bits per heavy atom. The Kier molecular flexibility index (Phi) is 8.05. The minimum absolute atomic E-state index is 0.0249. The molecule has 0 unspecified atom stereocenters. The van der Waals surface area contributed by atoms with Gasteiger partial charge in [0.05, 0.1) is 34.0 Å². The van der Waals surface area contributed by atoms with Crippen LogP contribution in [-0.4, -0.2) is 77.7 Å². The van der Waals surface area contributed by atoms with E-state index >= 15 is 0 Å². The van der Waals surface area contributed by atoms with Crippen LogP contribution < -0.4 is 0 Å². The van der Waals surface area contributed by atoms with Gasteiger partial charge in [0, 0.05) is 24.8 Å². The third kappa shape index (κ3) is 5.30. The quantitative estimate of drug-likeness (QED) is 0.301. The molecule has 3 aromatic rings.